The van der Waals surface area contributed by atoms with E-state index >= 15 is 0 Å². The van der Waals surface area contributed by atoms with Gasteiger partial charge in [0.1, 0.15) is 5.76 Å². The predicted octanol–water partition coefficient (Wildman–Crippen LogP) is 2.10. The molecular formula is C17H27IN6O. The summed E-state index contributed by atoms with van der Waals surface area (Å²) in [4.78, 5) is 10.8. The van der Waals surface area contributed by atoms with Crippen LogP contribution in [0.25, 0.3) is 0 Å². The average Bonchev–Trinajstić information content (AvgIpc) is 3.35. The van der Waals surface area contributed by atoms with Crippen LogP contribution in [-0.4, -0.2) is 53.6 Å². The summed E-state index contributed by atoms with van der Waals surface area (Å²) in [6.45, 7) is 4.68. The van der Waals surface area contributed by atoms with Crippen molar-refractivity contribution in [1.29, 1.82) is 0 Å². The van der Waals surface area contributed by atoms with Crippen molar-refractivity contribution in [1.82, 2.24) is 25.1 Å². The van der Waals surface area contributed by atoms with E-state index < -0.39 is 0 Å². The van der Waals surface area contributed by atoms with E-state index in [-0.39, 0.29) is 30.0 Å². The molecule has 8 heteroatoms. The lowest BCUT2D eigenvalue weighted by Crippen LogP contribution is -2.43. The van der Waals surface area contributed by atoms with Crippen molar-refractivity contribution >= 4 is 29.9 Å². The van der Waals surface area contributed by atoms with Crippen LogP contribution in [0.2, 0.25) is 0 Å². The Morgan fingerprint density at radius 3 is 2.84 bits per heavy atom. The molecule has 25 heavy (non-hydrogen) atoms. The monoisotopic (exact) mass is 458 g/mol. The molecule has 3 rings (SSSR count). The third-order valence-corrected chi connectivity index (χ3v) is 4.36. The minimum atomic E-state index is 0. The van der Waals surface area contributed by atoms with Gasteiger partial charge in [-0.1, -0.05) is 0 Å². The lowest BCUT2D eigenvalue weighted by Gasteiger charge is -2.26. The molecule has 7 nitrogen and oxygen atoms in total. The normalized spacial score (nSPS) is 16.4. The molecule has 1 fully saturated rings. The maximum atomic E-state index is 5.65. The number of rotatable bonds is 7. The van der Waals surface area contributed by atoms with Crippen molar-refractivity contribution in [2.75, 3.05) is 33.2 Å². The minimum Gasteiger partial charge on any atom is -0.468 e. The fourth-order valence-corrected chi connectivity index (χ4v) is 3.08. The zero-order chi connectivity index (χ0) is 16.6. The highest BCUT2D eigenvalue weighted by Gasteiger charge is 2.25. The van der Waals surface area contributed by atoms with Crippen LogP contribution in [0.4, 0.5) is 0 Å². The van der Waals surface area contributed by atoms with Crippen LogP contribution in [0.1, 0.15) is 24.6 Å². The number of nitrogens with one attached hydrogen (secondary N) is 2. The molecule has 0 amide bonds. The van der Waals surface area contributed by atoms with Crippen molar-refractivity contribution in [3.63, 3.8) is 0 Å². The first-order valence-electron chi connectivity index (χ1n) is 8.54. The Balaban J connectivity index is 0.00000225. The van der Waals surface area contributed by atoms with E-state index in [0.29, 0.717) is 0 Å². The smallest absolute Gasteiger partial charge is 0.191 e. The fraction of sp³-hybridized carbons (Fsp3) is 0.529. The van der Waals surface area contributed by atoms with E-state index in [9.17, 15) is 0 Å². The van der Waals surface area contributed by atoms with E-state index in [0.717, 1.165) is 44.4 Å². The molecule has 0 radical (unpaired) electrons. The summed E-state index contributed by atoms with van der Waals surface area (Å²) < 4.78 is 7.69. The first-order chi connectivity index (χ1) is 11.9. The number of imidazole rings is 1. The number of nitrogens with zero attached hydrogens (tertiary/aromatic N) is 4. The quantitative estimate of drug-likeness (QED) is 0.378. The number of aromatic nitrogens is 2. The summed E-state index contributed by atoms with van der Waals surface area (Å²) in [7, 11) is 1.80. The van der Waals surface area contributed by atoms with Gasteiger partial charge in [0.05, 0.1) is 18.6 Å². The summed E-state index contributed by atoms with van der Waals surface area (Å²) >= 11 is 0. The second-order valence-corrected chi connectivity index (χ2v) is 5.95. The molecule has 0 spiro atoms. The molecular weight excluding hydrogens is 431 g/mol. The topological polar surface area (TPSA) is 70.6 Å². The van der Waals surface area contributed by atoms with E-state index in [4.69, 9.17) is 4.42 Å². The maximum absolute atomic E-state index is 5.65. The van der Waals surface area contributed by atoms with Gasteiger partial charge in [-0.2, -0.15) is 0 Å². The molecule has 0 bridgehead atoms. The molecule has 1 unspecified atom stereocenters. The van der Waals surface area contributed by atoms with Gasteiger partial charge in [0.25, 0.3) is 0 Å². The van der Waals surface area contributed by atoms with E-state index in [1.54, 1.807) is 19.5 Å². The van der Waals surface area contributed by atoms with Crippen molar-refractivity contribution in [2.24, 2.45) is 4.99 Å². The van der Waals surface area contributed by atoms with Gasteiger partial charge in [-0.15, -0.1) is 24.0 Å². The Labute approximate surface area is 165 Å². The standard InChI is InChI=1S/C17H26N6O.HI/c1-18-17(20-7-11-22-10-6-19-14-22)21-13-15(16-5-4-12-24-16)23-8-2-3-9-23;/h4-6,10,12,14-15H,2-3,7-9,11,13H2,1H3,(H2,18,20,21);1H. The largest absolute Gasteiger partial charge is 0.468 e. The molecule has 1 saturated heterocycles. The van der Waals surface area contributed by atoms with Gasteiger partial charge in [-0.3, -0.25) is 9.89 Å². The van der Waals surface area contributed by atoms with E-state index in [1.165, 1.54) is 12.8 Å². The highest BCUT2D eigenvalue weighted by atomic mass is 127. The molecule has 0 aromatic carbocycles. The second kappa shape index (κ2) is 10.4. The van der Waals surface area contributed by atoms with Gasteiger partial charge in [-0.25, -0.2) is 4.98 Å². The SMILES string of the molecule is CN=C(NCCn1ccnc1)NCC(c1ccco1)N1CCCC1.I. The van der Waals surface area contributed by atoms with E-state index in [2.05, 4.69) is 31.6 Å². The van der Waals surface area contributed by atoms with Gasteiger partial charge in [0.15, 0.2) is 5.96 Å². The number of guanidine groups is 1. The summed E-state index contributed by atoms with van der Waals surface area (Å²) in [6, 6.07) is 4.26. The molecule has 1 atom stereocenters. The summed E-state index contributed by atoms with van der Waals surface area (Å²) in [5.41, 5.74) is 0. The first kappa shape index (κ1) is 19.8. The molecule has 2 N–H and O–H groups in total. The van der Waals surface area contributed by atoms with Crippen LogP contribution in [0.15, 0.2) is 46.5 Å². The molecule has 1 aliphatic rings. The minimum absolute atomic E-state index is 0. The van der Waals surface area contributed by atoms with Crippen LogP contribution < -0.4 is 10.6 Å². The summed E-state index contributed by atoms with van der Waals surface area (Å²) in [5, 5.41) is 6.77. The Kier molecular flexibility index (Phi) is 8.26. The average molecular weight is 458 g/mol. The van der Waals surface area contributed by atoms with Crippen molar-refractivity contribution in [2.45, 2.75) is 25.4 Å². The van der Waals surface area contributed by atoms with Gasteiger partial charge < -0.3 is 19.6 Å². The predicted molar refractivity (Wildman–Crippen MR) is 109 cm³/mol. The van der Waals surface area contributed by atoms with Crippen LogP contribution in [0.3, 0.4) is 0 Å². The number of halogens is 1. The molecule has 0 saturated carbocycles. The van der Waals surface area contributed by atoms with Crippen molar-refractivity contribution < 1.29 is 4.42 Å². The Morgan fingerprint density at radius 2 is 2.20 bits per heavy atom. The van der Waals surface area contributed by atoms with Gasteiger partial charge >= 0.3 is 0 Å². The zero-order valence-corrected chi connectivity index (χ0v) is 16.9. The fourth-order valence-electron chi connectivity index (χ4n) is 3.08. The summed E-state index contributed by atoms with van der Waals surface area (Å²) in [5.74, 6) is 1.82. The molecule has 1 aliphatic heterocycles. The number of furan rings is 1. The third-order valence-electron chi connectivity index (χ3n) is 4.36. The van der Waals surface area contributed by atoms with E-state index in [1.807, 2.05) is 23.2 Å². The second-order valence-electron chi connectivity index (χ2n) is 5.95. The highest BCUT2D eigenvalue weighted by molar-refractivity contribution is 14.0. The van der Waals surface area contributed by atoms with Crippen molar-refractivity contribution in [3.8, 4) is 0 Å². The number of hydrogen-bond acceptors (Lipinski definition) is 4. The molecule has 138 valence electrons. The first-order valence-corrected chi connectivity index (χ1v) is 8.54. The Bertz CT molecular complexity index is 607. The molecule has 0 aliphatic carbocycles. The highest BCUT2D eigenvalue weighted by Crippen LogP contribution is 2.24. The Morgan fingerprint density at radius 1 is 1.36 bits per heavy atom. The number of likely N-dealkylation sites (tertiary alicyclic amines) is 1. The van der Waals surface area contributed by atoms with Crippen LogP contribution in [0, 0.1) is 0 Å². The van der Waals surface area contributed by atoms with Crippen LogP contribution in [-0.2, 0) is 6.54 Å². The van der Waals surface area contributed by atoms with Crippen LogP contribution >= 0.6 is 24.0 Å². The number of aliphatic imine (C=N–C) groups is 1. The number of hydrogen-bond donors (Lipinski definition) is 2. The van der Waals surface area contributed by atoms with Gasteiger partial charge in [0, 0.05) is 39.1 Å². The molecule has 2 aromatic heterocycles. The van der Waals surface area contributed by atoms with Crippen molar-refractivity contribution in [3.05, 3.63) is 42.9 Å². The molecule has 2 aromatic rings. The van der Waals surface area contributed by atoms with Gasteiger partial charge in [0.2, 0.25) is 0 Å². The lowest BCUT2D eigenvalue weighted by molar-refractivity contribution is 0.215. The Hall–Kier alpha value is -1.55. The molecule has 3 heterocycles. The zero-order valence-electron chi connectivity index (χ0n) is 14.6. The maximum Gasteiger partial charge on any atom is 0.191 e. The van der Waals surface area contributed by atoms with Gasteiger partial charge in [-0.05, 0) is 38.1 Å². The summed E-state index contributed by atoms with van der Waals surface area (Å²) in [6.07, 6.45) is 9.83. The third kappa shape index (κ3) is 5.74. The van der Waals surface area contributed by atoms with Crippen LogP contribution in [0.5, 0.6) is 0 Å². The lowest BCUT2D eigenvalue weighted by atomic mass is 10.2.